The van der Waals surface area contributed by atoms with Gasteiger partial charge in [0.2, 0.25) is 0 Å². The molecule has 1 aromatic rings. The van der Waals surface area contributed by atoms with E-state index in [1.54, 1.807) is 0 Å². The Morgan fingerprint density at radius 2 is 1.62 bits per heavy atom. The average Bonchev–Trinajstić information content (AvgIpc) is 2.41. The summed E-state index contributed by atoms with van der Waals surface area (Å²) in [5.74, 6) is -0.154. The largest absolute Gasteiger partial charge is 0.469 e. The van der Waals surface area contributed by atoms with E-state index in [-0.39, 0.29) is 5.97 Å². The summed E-state index contributed by atoms with van der Waals surface area (Å²) in [5.41, 5.74) is 1.17. The second kappa shape index (κ2) is 12.8. The normalized spacial score (nSPS) is 7.31. The standard InChI is InChI=1S/C10H12O2.2C2H2/c1-12-10(11)8-7-9-5-3-2-4-6-9;2*1-2/h2-6H,7-8H2,1H3;2*1-2H. The number of esters is 1. The van der Waals surface area contributed by atoms with Crippen molar-refractivity contribution >= 4 is 5.97 Å². The van der Waals surface area contributed by atoms with E-state index in [1.165, 1.54) is 12.7 Å². The van der Waals surface area contributed by atoms with Crippen molar-refractivity contribution in [2.24, 2.45) is 0 Å². The number of benzene rings is 1. The van der Waals surface area contributed by atoms with Gasteiger partial charge in [0.1, 0.15) is 0 Å². The molecule has 2 nitrogen and oxygen atoms in total. The fourth-order valence-electron chi connectivity index (χ4n) is 0.993. The van der Waals surface area contributed by atoms with E-state index >= 15 is 0 Å². The molecule has 2 heteroatoms. The molecule has 0 spiro atoms. The van der Waals surface area contributed by atoms with Gasteiger partial charge in [-0.05, 0) is 12.0 Å². The molecule has 0 aliphatic heterocycles. The Hall–Kier alpha value is -2.19. The molecule has 84 valence electrons. The predicted octanol–water partition coefficient (Wildman–Crippen LogP) is 2.29. The Kier molecular flexibility index (Phi) is 13.0. The Balaban J connectivity index is 0. The maximum atomic E-state index is 10.8. The van der Waals surface area contributed by atoms with Gasteiger partial charge >= 0.3 is 5.97 Å². The van der Waals surface area contributed by atoms with Crippen molar-refractivity contribution in [3.05, 3.63) is 35.9 Å². The van der Waals surface area contributed by atoms with Gasteiger partial charge in [0, 0.05) is 6.42 Å². The topological polar surface area (TPSA) is 26.3 Å². The molecule has 0 bridgehead atoms. The second-order valence-corrected chi connectivity index (χ2v) is 2.56. The first-order valence-corrected chi connectivity index (χ1v) is 4.60. The minimum absolute atomic E-state index is 0.154. The molecule has 0 heterocycles. The number of rotatable bonds is 3. The summed E-state index contributed by atoms with van der Waals surface area (Å²) < 4.78 is 4.53. The molecule has 0 saturated heterocycles. The molecule has 0 radical (unpaired) electrons. The van der Waals surface area contributed by atoms with Crippen molar-refractivity contribution in [1.82, 2.24) is 0 Å². The van der Waals surface area contributed by atoms with Crippen molar-refractivity contribution in [1.29, 1.82) is 0 Å². The summed E-state index contributed by atoms with van der Waals surface area (Å²) >= 11 is 0. The van der Waals surface area contributed by atoms with E-state index in [0.29, 0.717) is 6.42 Å². The van der Waals surface area contributed by atoms with Crippen LogP contribution in [0.2, 0.25) is 0 Å². The van der Waals surface area contributed by atoms with Gasteiger partial charge in [-0.15, -0.1) is 25.7 Å². The lowest BCUT2D eigenvalue weighted by Gasteiger charge is -1.98. The quantitative estimate of drug-likeness (QED) is 0.572. The Labute approximate surface area is 97.6 Å². The van der Waals surface area contributed by atoms with Crippen LogP contribution in [0.25, 0.3) is 0 Å². The van der Waals surface area contributed by atoms with E-state index in [2.05, 4.69) is 30.4 Å². The number of methoxy groups -OCH3 is 1. The van der Waals surface area contributed by atoms with Crippen LogP contribution in [0, 0.1) is 25.7 Å². The van der Waals surface area contributed by atoms with Crippen LogP contribution in [0.4, 0.5) is 0 Å². The molecule has 0 fully saturated rings. The molecule has 0 aromatic heterocycles. The molecule has 16 heavy (non-hydrogen) atoms. The summed E-state index contributed by atoms with van der Waals surface area (Å²) in [7, 11) is 1.41. The lowest BCUT2D eigenvalue weighted by atomic mass is 10.1. The molecule has 0 N–H and O–H groups in total. The number of hydrogen-bond acceptors (Lipinski definition) is 2. The smallest absolute Gasteiger partial charge is 0.305 e. The number of hydrogen-bond donors (Lipinski definition) is 0. The third-order valence-corrected chi connectivity index (χ3v) is 1.69. The van der Waals surface area contributed by atoms with E-state index in [0.717, 1.165) is 6.42 Å². The van der Waals surface area contributed by atoms with Gasteiger partial charge in [0.05, 0.1) is 7.11 Å². The zero-order valence-electron chi connectivity index (χ0n) is 9.43. The molecule has 0 amide bonds. The number of aryl methyl sites for hydroxylation is 1. The first-order valence-electron chi connectivity index (χ1n) is 4.60. The Bertz CT molecular complexity index is 303. The molecule has 1 aromatic carbocycles. The van der Waals surface area contributed by atoms with Gasteiger partial charge in [0.25, 0.3) is 0 Å². The number of ether oxygens (including phenoxy) is 1. The number of terminal acetylenes is 2. The third-order valence-electron chi connectivity index (χ3n) is 1.69. The van der Waals surface area contributed by atoms with E-state index in [4.69, 9.17) is 0 Å². The molecule has 0 saturated carbocycles. The highest BCUT2D eigenvalue weighted by Gasteiger charge is 1.99. The van der Waals surface area contributed by atoms with Crippen LogP contribution in [0.5, 0.6) is 0 Å². The fourth-order valence-corrected chi connectivity index (χ4v) is 0.993. The van der Waals surface area contributed by atoms with Crippen LogP contribution in [0.3, 0.4) is 0 Å². The molecule has 0 atom stereocenters. The monoisotopic (exact) mass is 216 g/mol. The molecule has 0 aliphatic carbocycles. The van der Waals surface area contributed by atoms with Gasteiger partial charge < -0.3 is 4.74 Å². The molecule has 0 aliphatic rings. The predicted molar refractivity (Wildman–Crippen MR) is 66.6 cm³/mol. The first kappa shape index (κ1) is 16.2. The average molecular weight is 216 g/mol. The number of carbonyl (C=O) groups is 1. The first-order chi connectivity index (χ1) is 7.83. The van der Waals surface area contributed by atoms with Crippen LogP contribution in [0.1, 0.15) is 12.0 Å². The van der Waals surface area contributed by atoms with Crippen molar-refractivity contribution in [3.8, 4) is 25.7 Å². The van der Waals surface area contributed by atoms with Crippen molar-refractivity contribution in [2.75, 3.05) is 7.11 Å². The van der Waals surface area contributed by atoms with Crippen molar-refractivity contribution in [2.45, 2.75) is 12.8 Å². The van der Waals surface area contributed by atoms with Crippen LogP contribution in [-0.4, -0.2) is 13.1 Å². The second-order valence-electron chi connectivity index (χ2n) is 2.56. The lowest BCUT2D eigenvalue weighted by molar-refractivity contribution is -0.140. The highest BCUT2D eigenvalue weighted by Crippen LogP contribution is 2.02. The summed E-state index contributed by atoms with van der Waals surface area (Å²) in [4.78, 5) is 10.8. The summed E-state index contributed by atoms with van der Waals surface area (Å²) in [5, 5.41) is 0. The van der Waals surface area contributed by atoms with Crippen LogP contribution in [-0.2, 0) is 16.0 Å². The maximum absolute atomic E-state index is 10.8. The summed E-state index contributed by atoms with van der Waals surface area (Å²) in [6.07, 6.45) is 17.2. The number of carbonyl (C=O) groups excluding carboxylic acids is 1. The third kappa shape index (κ3) is 8.41. The maximum Gasteiger partial charge on any atom is 0.305 e. The Morgan fingerprint density at radius 3 is 2.06 bits per heavy atom. The van der Waals surface area contributed by atoms with E-state index in [9.17, 15) is 4.79 Å². The van der Waals surface area contributed by atoms with Gasteiger partial charge in [-0.1, -0.05) is 30.3 Å². The summed E-state index contributed by atoms with van der Waals surface area (Å²) in [6, 6.07) is 9.90. The van der Waals surface area contributed by atoms with Gasteiger partial charge in [-0.2, -0.15) is 0 Å². The van der Waals surface area contributed by atoms with Gasteiger partial charge in [0.15, 0.2) is 0 Å². The van der Waals surface area contributed by atoms with Crippen molar-refractivity contribution < 1.29 is 9.53 Å². The molecule has 1 rings (SSSR count). The highest BCUT2D eigenvalue weighted by molar-refractivity contribution is 5.69. The molecular formula is C14H16O2. The fraction of sp³-hybridized carbons (Fsp3) is 0.214. The zero-order valence-corrected chi connectivity index (χ0v) is 9.43. The van der Waals surface area contributed by atoms with E-state index < -0.39 is 0 Å². The minimum Gasteiger partial charge on any atom is -0.469 e. The SMILES string of the molecule is C#C.C#C.COC(=O)CCc1ccccc1. The lowest BCUT2D eigenvalue weighted by Crippen LogP contribution is -2.01. The van der Waals surface area contributed by atoms with Crippen LogP contribution in [0.15, 0.2) is 30.3 Å². The van der Waals surface area contributed by atoms with Crippen LogP contribution < -0.4 is 0 Å². The Morgan fingerprint density at radius 1 is 1.12 bits per heavy atom. The minimum atomic E-state index is -0.154. The summed E-state index contributed by atoms with van der Waals surface area (Å²) in [6.45, 7) is 0. The zero-order chi connectivity index (χ0) is 12.8. The van der Waals surface area contributed by atoms with Crippen molar-refractivity contribution in [3.63, 3.8) is 0 Å². The highest BCUT2D eigenvalue weighted by atomic mass is 16.5. The molecular weight excluding hydrogens is 200 g/mol. The van der Waals surface area contributed by atoms with E-state index in [1.807, 2.05) is 30.3 Å². The molecule has 0 unspecified atom stereocenters. The van der Waals surface area contributed by atoms with Gasteiger partial charge in [-0.3, -0.25) is 4.79 Å². The van der Waals surface area contributed by atoms with Gasteiger partial charge in [-0.25, -0.2) is 0 Å². The van der Waals surface area contributed by atoms with Crippen LogP contribution >= 0.6 is 0 Å².